The van der Waals surface area contributed by atoms with Gasteiger partial charge in [-0.2, -0.15) is 4.37 Å². The van der Waals surface area contributed by atoms with E-state index in [1.54, 1.807) is 31.6 Å². The van der Waals surface area contributed by atoms with Gasteiger partial charge in [-0.25, -0.2) is 4.98 Å². The molecule has 0 aromatic carbocycles. The lowest BCUT2D eigenvalue weighted by atomic mass is 10.1. The molecule has 12 nitrogen and oxygen atoms in total. The van der Waals surface area contributed by atoms with E-state index in [-0.39, 0.29) is 41.7 Å². The third kappa shape index (κ3) is 4.77. The first-order valence-electron chi connectivity index (χ1n) is 11.5. The maximum absolute atomic E-state index is 13.3. The topological polar surface area (TPSA) is 169 Å². The lowest BCUT2D eigenvalue weighted by molar-refractivity contribution is 0.0794. The average Bonchev–Trinajstić information content (AvgIpc) is 3.70. The summed E-state index contributed by atoms with van der Waals surface area (Å²) in [7, 11) is 0. The van der Waals surface area contributed by atoms with E-state index in [0.29, 0.717) is 31.5 Å². The molecule has 0 aliphatic carbocycles. The zero-order chi connectivity index (χ0) is 26.1. The number of nitrogens with zero attached hydrogens (tertiary/aromatic N) is 5. The third-order valence-electron chi connectivity index (χ3n) is 5.98. The molecule has 0 saturated carbocycles. The van der Waals surface area contributed by atoms with Crippen LogP contribution in [0.4, 0.5) is 10.1 Å². The molecule has 0 bridgehead atoms. The quantitative estimate of drug-likeness (QED) is 0.175. The van der Waals surface area contributed by atoms with Gasteiger partial charge in [0.1, 0.15) is 21.3 Å². The number of aromatic hydroxyl groups is 1. The van der Waals surface area contributed by atoms with Gasteiger partial charge in [-0.15, -0.1) is 0 Å². The van der Waals surface area contributed by atoms with Crippen LogP contribution < -0.4 is 10.6 Å². The van der Waals surface area contributed by atoms with E-state index in [1.165, 1.54) is 10.8 Å². The SMILES string of the molecule is CC(CO)NC(=N)c1c(O)nsc1Nc1ncc(C(=O)n2ccc3c(C(=O)N4CCCC4)cncc32)s1. The summed E-state index contributed by atoms with van der Waals surface area (Å²) in [6.07, 6.45) is 8.13. The van der Waals surface area contributed by atoms with Gasteiger partial charge in [0.2, 0.25) is 5.88 Å². The van der Waals surface area contributed by atoms with E-state index < -0.39 is 0 Å². The fourth-order valence-corrected chi connectivity index (χ4v) is 5.62. The molecule has 5 rings (SSSR count). The molecule has 14 heteroatoms. The summed E-state index contributed by atoms with van der Waals surface area (Å²) >= 11 is 2.04. The molecule has 1 fully saturated rings. The molecule has 1 amide bonds. The number of amides is 1. The summed E-state index contributed by atoms with van der Waals surface area (Å²) < 4.78 is 5.34. The summed E-state index contributed by atoms with van der Waals surface area (Å²) in [6.45, 7) is 2.96. The number of aliphatic hydroxyl groups is 1. The number of carbonyl (C=O) groups excluding carboxylic acids is 2. The Kier molecular flexibility index (Phi) is 6.86. The van der Waals surface area contributed by atoms with Crippen LogP contribution in [0.2, 0.25) is 0 Å². The van der Waals surface area contributed by atoms with Gasteiger partial charge in [-0.3, -0.25) is 24.5 Å². The molecule has 5 heterocycles. The van der Waals surface area contributed by atoms with Gasteiger partial charge >= 0.3 is 0 Å². The van der Waals surface area contributed by atoms with Gasteiger partial charge in [0.05, 0.1) is 30.1 Å². The summed E-state index contributed by atoms with van der Waals surface area (Å²) in [4.78, 5) is 36.9. The lowest BCUT2D eigenvalue weighted by Gasteiger charge is -2.15. The molecule has 0 spiro atoms. The number of rotatable bonds is 7. The monoisotopic (exact) mass is 540 g/mol. The summed E-state index contributed by atoms with van der Waals surface area (Å²) in [5.74, 6) is -0.837. The molecule has 1 aliphatic rings. The van der Waals surface area contributed by atoms with E-state index in [2.05, 4.69) is 25.0 Å². The van der Waals surface area contributed by atoms with E-state index >= 15 is 0 Å². The van der Waals surface area contributed by atoms with E-state index in [0.717, 1.165) is 48.8 Å². The van der Waals surface area contributed by atoms with Crippen LogP contribution in [-0.2, 0) is 0 Å². The number of aliphatic hydroxyl groups excluding tert-OH is 1. The molecule has 0 radical (unpaired) electrons. The Labute approximate surface area is 219 Å². The Balaban J connectivity index is 1.37. The van der Waals surface area contributed by atoms with Gasteiger partial charge in [-0.1, -0.05) is 11.3 Å². The minimum atomic E-state index is -0.388. The highest BCUT2D eigenvalue weighted by molar-refractivity contribution is 7.18. The molecule has 4 aromatic heterocycles. The fourth-order valence-electron chi connectivity index (χ4n) is 4.10. The first kappa shape index (κ1) is 24.8. The second-order valence-corrected chi connectivity index (χ2v) is 10.4. The number of pyridine rings is 1. The number of fused-ring (bicyclic) bond motifs is 1. The van der Waals surface area contributed by atoms with Gasteiger partial charge in [0, 0.05) is 36.9 Å². The highest BCUT2D eigenvalue weighted by Gasteiger charge is 2.24. The summed E-state index contributed by atoms with van der Waals surface area (Å²) in [5, 5.41) is 34.8. The number of nitrogens with one attached hydrogen (secondary N) is 3. The van der Waals surface area contributed by atoms with Gasteiger partial charge in [0.15, 0.2) is 5.13 Å². The maximum Gasteiger partial charge on any atom is 0.274 e. The smallest absolute Gasteiger partial charge is 0.274 e. The van der Waals surface area contributed by atoms with Crippen LogP contribution in [0, 0.1) is 5.41 Å². The van der Waals surface area contributed by atoms with Gasteiger partial charge < -0.3 is 25.7 Å². The predicted molar refractivity (Wildman–Crippen MR) is 140 cm³/mol. The fraction of sp³-hybridized carbons (Fsp3) is 0.304. The molecule has 4 aromatic rings. The first-order chi connectivity index (χ1) is 17.9. The van der Waals surface area contributed by atoms with E-state index in [1.807, 2.05) is 4.90 Å². The van der Waals surface area contributed by atoms with Crippen molar-refractivity contribution in [1.29, 1.82) is 5.41 Å². The molecule has 1 aliphatic heterocycles. The van der Waals surface area contributed by atoms with Crippen LogP contribution >= 0.6 is 22.9 Å². The number of hydrogen-bond donors (Lipinski definition) is 5. The van der Waals surface area contributed by atoms with Crippen molar-refractivity contribution in [3.05, 3.63) is 46.9 Å². The van der Waals surface area contributed by atoms with Crippen LogP contribution in [-0.4, -0.2) is 77.4 Å². The Morgan fingerprint density at radius 2 is 2.00 bits per heavy atom. The molecule has 1 unspecified atom stereocenters. The third-order valence-corrected chi connectivity index (χ3v) is 7.64. The minimum absolute atomic E-state index is 0.0814. The lowest BCUT2D eigenvalue weighted by Crippen LogP contribution is -2.35. The van der Waals surface area contributed by atoms with E-state index in [9.17, 15) is 19.8 Å². The maximum atomic E-state index is 13.3. The van der Waals surface area contributed by atoms with Crippen molar-refractivity contribution in [3.63, 3.8) is 0 Å². The molecule has 1 atom stereocenters. The largest absolute Gasteiger partial charge is 0.492 e. The molecular formula is C23H24N8O4S2. The molecule has 192 valence electrons. The molecule has 1 saturated heterocycles. The highest BCUT2D eigenvalue weighted by atomic mass is 32.1. The van der Waals surface area contributed by atoms with Gasteiger partial charge in [0.25, 0.3) is 11.8 Å². The Bertz CT molecular complexity index is 1490. The van der Waals surface area contributed by atoms with Crippen molar-refractivity contribution in [2.24, 2.45) is 0 Å². The van der Waals surface area contributed by atoms with Crippen LogP contribution in [0.1, 0.15) is 45.4 Å². The van der Waals surface area contributed by atoms with Gasteiger partial charge in [-0.05, 0) is 37.4 Å². The number of anilines is 2. The molecule has 37 heavy (non-hydrogen) atoms. The standard InChI is InChI=1S/C23H24N8O4S2/c1-12(11-32)27-18(24)17-19(33)29-37-20(17)28-23-26-10-16(36-23)22(35)31-7-4-13-14(8-25-9-15(13)31)21(34)30-5-2-3-6-30/h4,7-10,12,32H,2-3,5-6,11H2,1H3,(H2,24,27)(H,26,28)(H,29,33). The Morgan fingerprint density at radius 1 is 1.22 bits per heavy atom. The zero-order valence-electron chi connectivity index (χ0n) is 19.8. The van der Waals surface area contributed by atoms with Crippen LogP contribution in [0.5, 0.6) is 5.88 Å². The zero-order valence-corrected chi connectivity index (χ0v) is 21.4. The average molecular weight is 541 g/mol. The van der Waals surface area contributed by atoms with Crippen molar-refractivity contribution in [1.82, 2.24) is 29.1 Å². The van der Waals surface area contributed by atoms with Crippen LogP contribution in [0.25, 0.3) is 10.9 Å². The highest BCUT2D eigenvalue weighted by Crippen LogP contribution is 2.34. The Morgan fingerprint density at radius 3 is 2.76 bits per heavy atom. The number of carbonyl (C=O) groups is 2. The van der Waals surface area contributed by atoms with Crippen molar-refractivity contribution in [2.45, 2.75) is 25.8 Å². The number of thiazole rings is 1. The van der Waals surface area contributed by atoms with E-state index in [4.69, 9.17) is 5.41 Å². The molecule has 5 N–H and O–H groups in total. The Hall–Kier alpha value is -3.88. The number of amidine groups is 1. The summed E-state index contributed by atoms with van der Waals surface area (Å²) in [5.41, 5.74) is 1.15. The molecular weight excluding hydrogens is 516 g/mol. The van der Waals surface area contributed by atoms with Crippen molar-refractivity contribution in [2.75, 3.05) is 25.0 Å². The number of hydrogen-bond acceptors (Lipinski definition) is 11. The van der Waals surface area contributed by atoms with Crippen molar-refractivity contribution < 1.29 is 19.8 Å². The second kappa shape index (κ2) is 10.2. The van der Waals surface area contributed by atoms with Crippen molar-refractivity contribution in [3.8, 4) is 5.88 Å². The van der Waals surface area contributed by atoms with Crippen LogP contribution in [0.3, 0.4) is 0 Å². The number of aromatic nitrogens is 4. The van der Waals surface area contributed by atoms with Crippen LogP contribution in [0.15, 0.2) is 30.9 Å². The normalized spacial score (nSPS) is 14.2. The number of likely N-dealkylation sites (tertiary alicyclic amines) is 1. The predicted octanol–water partition coefficient (Wildman–Crippen LogP) is 2.62. The van der Waals surface area contributed by atoms with Crippen molar-refractivity contribution >= 4 is 61.6 Å². The second-order valence-electron chi connectivity index (χ2n) is 8.58. The minimum Gasteiger partial charge on any atom is -0.492 e. The first-order valence-corrected chi connectivity index (χ1v) is 13.1. The summed E-state index contributed by atoms with van der Waals surface area (Å²) in [6, 6.07) is 1.36.